The van der Waals surface area contributed by atoms with Gasteiger partial charge in [0.2, 0.25) is 11.8 Å². The largest absolute Gasteiger partial charge is 0.354 e. The Labute approximate surface area is 240 Å². The second-order valence-corrected chi connectivity index (χ2v) is 12.0. The lowest BCUT2D eigenvalue weighted by Crippen LogP contribution is -2.51. The highest BCUT2D eigenvalue weighted by Crippen LogP contribution is 2.30. The van der Waals surface area contributed by atoms with E-state index in [-0.39, 0.29) is 33.1 Å². The summed E-state index contributed by atoms with van der Waals surface area (Å²) in [5.41, 5.74) is 2.01. The molecule has 0 aromatic heterocycles. The van der Waals surface area contributed by atoms with Crippen molar-refractivity contribution < 1.29 is 18.0 Å². The van der Waals surface area contributed by atoms with Crippen LogP contribution in [0.25, 0.3) is 0 Å². The van der Waals surface area contributed by atoms with E-state index in [9.17, 15) is 18.0 Å². The van der Waals surface area contributed by atoms with Gasteiger partial charge in [0, 0.05) is 23.1 Å². The van der Waals surface area contributed by atoms with E-state index in [0.717, 1.165) is 28.3 Å². The molecule has 0 aliphatic rings. The van der Waals surface area contributed by atoms with Crippen LogP contribution in [0.4, 0.5) is 5.69 Å². The molecule has 1 unspecified atom stereocenters. The van der Waals surface area contributed by atoms with Gasteiger partial charge in [0.25, 0.3) is 10.0 Å². The highest BCUT2D eigenvalue weighted by molar-refractivity contribution is 7.92. The monoisotopic (exact) mass is 589 g/mol. The zero-order valence-electron chi connectivity index (χ0n) is 22.2. The van der Waals surface area contributed by atoms with Gasteiger partial charge in [-0.15, -0.1) is 0 Å². The van der Waals surface area contributed by atoms with Crippen molar-refractivity contribution in [3.8, 4) is 0 Å². The highest BCUT2D eigenvalue weighted by atomic mass is 35.5. The Bertz CT molecular complexity index is 1360. The molecule has 208 valence electrons. The number of halogens is 2. The van der Waals surface area contributed by atoms with Gasteiger partial charge in [0.15, 0.2) is 0 Å². The molecule has 3 aromatic carbocycles. The molecule has 7 nitrogen and oxygen atoms in total. The maximum Gasteiger partial charge on any atom is 0.264 e. The van der Waals surface area contributed by atoms with Crippen LogP contribution in [-0.2, 0) is 26.2 Å². The number of carbonyl (C=O) groups excluding carboxylic acids is 2. The lowest BCUT2D eigenvalue weighted by atomic mass is 10.1. The summed E-state index contributed by atoms with van der Waals surface area (Å²) in [5, 5.41) is 3.31. The molecule has 1 N–H and O–H groups in total. The van der Waals surface area contributed by atoms with E-state index < -0.39 is 28.5 Å². The third-order valence-corrected chi connectivity index (χ3v) is 8.44. The van der Waals surface area contributed by atoms with Crippen LogP contribution in [-0.4, -0.2) is 44.3 Å². The van der Waals surface area contributed by atoms with Gasteiger partial charge in [0.05, 0.1) is 10.6 Å². The number of anilines is 1. The first-order valence-corrected chi connectivity index (χ1v) is 14.9. The Morgan fingerprint density at radius 1 is 0.949 bits per heavy atom. The molecule has 0 saturated heterocycles. The standard InChI is InChI=1S/C29H33Cl2N3O4S/c1-4-5-15-32-29(36)22(3)33(19-23-13-11-21(2)12-14-23)28(35)20-34(26-17-24(30)16-25(31)18-26)39(37,38)27-9-7-6-8-10-27/h6-14,16-18,22H,4-5,15,19-20H2,1-3H3,(H,32,36). The molecule has 0 bridgehead atoms. The van der Waals surface area contributed by atoms with E-state index in [4.69, 9.17) is 23.2 Å². The lowest BCUT2D eigenvalue weighted by molar-refractivity contribution is -0.139. The van der Waals surface area contributed by atoms with Crippen LogP contribution in [0.2, 0.25) is 10.0 Å². The van der Waals surface area contributed by atoms with E-state index >= 15 is 0 Å². The van der Waals surface area contributed by atoms with Crippen LogP contribution < -0.4 is 9.62 Å². The average Bonchev–Trinajstić information content (AvgIpc) is 2.90. The quantitative estimate of drug-likeness (QED) is 0.269. The number of benzene rings is 3. The van der Waals surface area contributed by atoms with Crippen molar-refractivity contribution in [3.63, 3.8) is 0 Å². The van der Waals surface area contributed by atoms with Crippen LogP contribution >= 0.6 is 23.2 Å². The van der Waals surface area contributed by atoms with Crippen LogP contribution in [0.1, 0.15) is 37.8 Å². The van der Waals surface area contributed by atoms with Gasteiger partial charge >= 0.3 is 0 Å². The number of unbranched alkanes of at least 4 members (excludes halogenated alkanes) is 1. The lowest BCUT2D eigenvalue weighted by Gasteiger charge is -2.32. The summed E-state index contributed by atoms with van der Waals surface area (Å²) < 4.78 is 28.5. The number of hydrogen-bond acceptors (Lipinski definition) is 4. The topological polar surface area (TPSA) is 86.8 Å². The van der Waals surface area contributed by atoms with E-state index in [0.29, 0.717) is 6.54 Å². The summed E-state index contributed by atoms with van der Waals surface area (Å²) in [5.74, 6) is -0.864. The molecule has 3 rings (SSSR count). The van der Waals surface area contributed by atoms with Crippen LogP contribution in [0.5, 0.6) is 0 Å². The fraction of sp³-hybridized carbons (Fsp3) is 0.310. The molecule has 0 spiro atoms. The minimum Gasteiger partial charge on any atom is -0.354 e. The zero-order valence-corrected chi connectivity index (χ0v) is 24.6. The molecular formula is C29H33Cl2N3O4S. The predicted molar refractivity (Wildman–Crippen MR) is 157 cm³/mol. The zero-order chi connectivity index (χ0) is 28.6. The SMILES string of the molecule is CCCCNC(=O)C(C)N(Cc1ccc(C)cc1)C(=O)CN(c1cc(Cl)cc(Cl)c1)S(=O)(=O)c1ccccc1. The molecule has 1 atom stereocenters. The molecule has 0 radical (unpaired) electrons. The predicted octanol–water partition coefficient (Wildman–Crippen LogP) is 5.83. The summed E-state index contributed by atoms with van der Waals surface area (Å²) in [7, 11) is -4.19. The molecule has 3 aromatic rings. The molecule has 10 heteroatoms. The summed E-state index contributed by atoms with van der Waals surface area (Å²) in [6.07, 6.45) is 1.72. The van der Waals surface area contributed by atoms with Gasteiger partial charge in [-0.1, -0.05) is 84.6 Å². The molecule has 0 heterocycles. The first-order valence-electron chi connectivity index (χ1n) is 12.7. The first kappa shape index (κ1) is 30.5. The highest BCUT2D eigenvalue weighted by Gasteiger charge is 2.32. The molecule has 2 amide bonds. The van der Waals surface area contributed by atoms with Gasteiger partial charge in [-0.25, -0.2) is 8.42 Å². The minimum atomic E-state index is -4.19. The molecular weight excluding hydrogens is 557 g/mol. The Balaban J connectivity index is 2.01. The van der Waals surface area contributed by atoms with Gasteiger partial charge in [0.1, 0.15) is 12.6 Å². The maximum absolute atomic E-state index is 13.9. The normalized spacial score (nSPS) is 12.0. The van der Waals surface area contributed by atoms with Crippen molar-refractivity contribution in [3.05, 3.63) is 94.0 Å². The molecule has 0 aliphatic carbocycles. The van der Waals surface area contributed by atoms with Crippen molar-refractivity contribution in [2.45, 2.75) is 51.1 Å². The third kappa shape index (κ3) is 8.21. The number of aryl methyl sites for hydroxylation is 1. The van der Waals surface area contributed by atoms with Crippen molar-refractivity contribution in [1.29, 1.82) is 0 Å². The smallest absolute Gasteiger partial charge is 0.264 e. The van der Waals surface area contributed by atoms with Gasteiger partial charge in [-0.05, 0) is 56.2 Å². The molecule has 0 fully saturated rings. The fourth-order valence-corrected chi connectivity index (χ4v) is 5.87. The van der Waals surface area contributed by atoms with E-state index in [2.05, 4.69) is 5.32 Å². The third-order valence-electron chi connectivity index (χ3n) is 6.22. The molecule has 0 saturated carbocycles. The molecule has 0 aliphatic heterocycles. The number of sulfonamides is 1. The summed E-state index contributed by atoms with van der Waals surface area (Å²) in [6, 6.07) is 18.9. The second-order valence-electron chi connectivity index (χ2n) is 9.28. The van der Waals surface area contributed by atoms with Gasteiger partial charge < -0.3 is 10.2 Å². The summed E-state index contributed by atoms with van der Waals surface area (Å²) in [6.45, 7) is 5.66. The Kier molecular flexibility index (Phi) is 10.8. The Morgan fingerprint density at radius 2 is 1.56 bits per heavy atom. The number of hydrogen-bond donors (Lipinski definition) is 1. The second kappa shape index (κ2) is 13.8. The number of amides is 2. The average molecular weight is 591 g/mol. The first-order chi connectivity index (χ1) is 18.5. The van der Waals surface area contributed by atoms with Crippen molar-refractivity contribution in [2.75, 3.05) is 17.4 Å². The van der Waals surface area contributed by atoms with Crippen molar-refractivity contribution in [1.82, 2.24) is 10.2 Å². The van der Waals surface area contributed by atoms with Crippen LogP contribution in [0, 0.1) is 6.92 Å². The Hall–Kier alpha value is -3.07. The van der Waals surface area contributed by atoms with Gasteiger partial charge in [-0.2, -0.15) is 0 Å². The van der Waals surface area contributed by atoms with Gasteiger partial charge in [-0.3, -0.25) is 13.9 Å². The summed E-state index contributed by atoms with van der Waals surface area (Å²) >= 11 is 12.4. The van der Waals surface area contributed by atoms with E-state index in [1.807, 2.05) is 38.1 Å². The summed E-state index contributed by atoms with van der Waals surface area (Å²) in [4.78, 5) is 28.3. The van der Waals surface area contributed by atoms with E-state index in [1.54, 1.807) is 25.1 Å². The number of rotatable bonds is 12. The number of nitrogens with one attached hydrogen (secondary N) is 1. The van der Waals surface area contributed by atoms with Crippen LogP contribution in [0.15, 0.2) is 77.7 Å². The number of nitrogens with zero attached hydrogens (tertiary/aromatic N) is 2. The number of carbonyl (C=O) groups is 2. The van der Waals surface area contributed by atoms with Crippen molar-refractivity contribution >= 4 is 50.7 Å². The minimum absolute atomic E-state index is 0.00402. The van der Waals surface area contributed by atoms with E-state index in [1.165, 1.54) is 35.2 Å². The fourth-order valence-electron chi connectivity index (χ4n) is 3.94. The Morgan fingerprint density at radius 3 is 2.15 bits per heavy atom. The van der Waals surface area contributed by atoms with Crippen molar-refractivity contribution in [2.24, 2.45) is 0 Å². The van der Waals surface area contributed by atoms with Crippen LogP contribution in [0.3, 0.4) is 0 Å². The maximum atomic E-state index is 13.9. The molecule has 39 heavy (non-hydrogen) atoms.